The first-order chi connectivity index (χ1) is 16.2. The van der Waals surface area contributed by atoms with E-state index in [1.807, 2.05) is 13.8 Å². The molecule has 2 rings (SSSR count). The monoisotopic (exact) mass is 581 g/mol. The Morgan fingerprint density at radius 2 is 1.63 bits per heavy atom. The lowest BCUT2D eigenvalue weighted by molar-refractivity contribution is -0.140. The molecule has 7 nitrogen and oxygen atoms in total. The standard InChI is InChI=1S/C23H27Cl4N3O4S/c1-5-20(23(32)28-14(2)3)29(12-15-6-8-17(25)18(26)10-15)22(31)13-30(35(4,33)34)21-9-7-16(24)11-19(21)27/h6-11,14,20H,5,12-13H2,1-4H3,(H,28,32). The number of benzene rings is 2. The lowest BCUT2D eigenvalue weighted by Crippen LogP contribution is -2.53. The second kappa shape index (κ2) is 12.5. The van der Waals surface area contributed by atoms with E-state index in [0.717, 1.165) is 10.6 Å². The molecule has 2 aromatic carbocycles. The van der Waals surface area contributed by atoms with Gasteiger partial charge in [-0.2, -0.15) is 0 Å². The first-order valence-corrected chi connectivity index (χ1v) is 14.1. The van der Waals surface area contributed by atoms with Crippen LogP contribution < -0.4 is 9.62 Å². The highest BCUT2D eigenvalue weighted by molar-refractivity contribution is 7.92. The molecule has 12 heteroatoms. The van der Waals surface area contributed by atoms with Crippen molar-refractivity contribution in [2.24, 2.45) is 0 Å². The van der Waals surface area contributed by atoms with Crippen LogP contribution in [-0.2, 0) is 26.2 Å². The maximum Gasteiger partial charge on any atom is 0.244 e. The topological polar surface area (TPSA) is 86.8 Å². The number of rotatable bonds is 10. The Morgan fingerprint density at radius 1 is 0.971 bits per heavy atom. The fraction of sp³-hybridized carbons (Fsp3) is 0.391. The minimum Gasteiger partial charge on any atom is -0.352 e. The van der Waals surface area contributed by atoms with Crippen molar-refractivity contribution < 1.29 is 18.0 Å². The molecule has 0 aliphatic heterocycles. The number of anilines is 1. The fourth-order valence-corrected chi connectivity index (χ4v) is 5.16. The van der Waals surface area contributed by atoms with Crippen LogP contribution in [0.3, 0.4) is 0 Å². The van der Waals surface area contributed by atoms with Crippen molar-refractivity contribution in [3.05, 3.63) is 62.1 Å². The molecule has 0 radical (unpaired) electrons. The lowest BCUT2D eigenvalue weighted by atomic mass is 10.1. The van der Waals surface area contributed by atoms with Crippen LogP contribution in [0.2, 0.25) is 20.1 Å². The molecule has 0 aromatic heterocycles. The number of nitrogens with zero attached hydrogens (tertiary/aromatic N) is 2. The van der Waals surface area contributed by atoms with Crippen LogP contribution in [0.15, 0.2) is 36.4 Å². The molecular formula is C23H27Cl4N3O4S. The number of hydrogen-bond donors (Lipinski definition) is 1. The molecule has 2 aromatic rings. The Balaban J connectivity index is 2.50. The zero-order valence-corrected chi connectivity index (χ0v) is 23.5. The summed E-state index contributed by atoms with van der Waals surface area (Å²) in [7, 11) is -3.92. The van der Waals surface area contributed by atoms with E-state index < -0.39 is 28.5 Å². The van der Waals surface area contributed by atoms with E-state index >= 15 is 0 Å². The number of nitrogens with one attached hydrogen (secondary N) is 1. The molecule has 0 aliphatic rings. The average molecular weight is 583 g/mol. The third-order valence-electron chi connectivity index (χ3n) is 5.01. The van der Waals surface area contributed by atoms with Crippen LogP contribution in [0, 0.1) is 0 Å². The summed E-state index contributed by atoms with van der Waals surface area (Å²) in [6.07, 6.45) is 1.27. The molecule has 0 aliphatic carbocycles. The molecule has 0 fully saturated rings. The van der Waals surface area contributed by atoms with Gasteiger partial charge in [0.2, 0.25) is 21.8 Å². The highest BCUT2D eigenvalue weighted by Crippen LogP contribution is 2.31. The summed E-state index contributed by atoms with van der Waals surface area (Å²) in [5.74, 6) is -0.954. The third-order valence-corrected chi connectivity index (χ3v) is 7.41. The van der Waals surface area contributed by atoms with Crippen LogP contribution in [0.4, 0.5) is 5.69 Å². The number of carbonyl (C=O) groups excluding carboxylic acids is 2. The van der Waals surface area contributed by atoms with Gasteiger partial charge in [-0.05, 0) is 56.2 Å². The number of amides is 2. The van der Waals surface area contributed by atoms with Crippen molar-refractivity contribution in [3.8, 4) is 0 Å². The molecule has 35 heavy (non-hydrogen) atoms. The summed E-state index contributed by atoms with van der Waals surface area (Å²) in [5.41, 5.74) is 0.722. The summed E-state index contributed by atoms with van der Waals surface area (Å²) in [5, 5.41) is 3.84. The molecule has 0 heterocycles. The van der Waals surface area contributed by atoms with Gasteiger partial charge >= 0.3 is 0 Å². The Kier molecular flexibility index (Phi) is 10.5. The van der Waals surface area contributed by atoms with Gasteiger partial charge in [-0.15, -0.1) is 0 Å². The second-order valence-corrected chi connectivity index (χ2v) is 11.8. The zero-order valence-electron chi connectivity index (χ0n) is 19.7. The SMILES string of the molecule is CCC(C(=O)NC(C)C)N(Cc1ccc(Cl)c(Cl)c1)C(=O)CN(c1ccc(Cl)cc1Cl)S(C)(=O)=O. The van der Waals surface area contributed by atoms with Crippen LogP contribution >= 0.6 is 46.4 Å². The largest absolute Gasteiger partial charge is 0.352 e. The van der Waals surface area contributed by atoms with Crippen LogP contribution in [0.25, 0.3) is 0 Å². The first kappa shape index (κ1) is 29.5. The van der Waals surface area contributed by atoms with Crippen molar-refractivity contribution >= 4 is 73.9 Å². The number of halogens is 4. The first-order valence-electron chi connectivity index (χ1n) is 10.7. The Hall–Kier alpha value is -1.71. The van der Waals surface area contributed by atoms with Gasteiger partial charge in [-0.25, -0.2) is 8.42 Å². The summed E-state index contributed by atoms with van der Waals surface area (Å²) in [6.45, 7) is 4.82. The summed E-state index contributed by atoms with van der Waals surface area (Å²) < 4.78 is 26.2. The van der Waals surface area contributed by atoms with Gasteiger partial charge in [0.1, 0.15) is 12.6 Å². The molecule has 1 N–H and O–H groups in total. The lowest BCUT2D eigenvalue weighted by Gasteiger charge is -2.33. The molecule has 1 unspecified atom stereocenters. The molecule has 0 saturated carbocycles. The zero-order chi connectivity index (χ0) is 26.5. The molecular weight excluding hydrogens is 556 g/mol. The van der Waals surface area contributed by atoms with Crippen LogP contribution in [-0.4, -0.2) is 50.0 Å². The van der Waals surface area contributed by atoms with Gasteiger partial charge in [-0.1, -0.05) is 59.4 Å². The third kappa shape index (κ3) is 8.15. The van der Waals surface area contributed by atoms with E-state index in [0.29, 0.717) is 27.1 Å². The molecule has 0 saturated heterocycles. The van der Waals surface area contributed by atoms with Crippen molar-refractivity contribution in [1.29, 1.82) is 0 Å². The van der Waals surface area contributed by atoms with Gasteiger partial charge in [-0.3, -0.25) is 13.9 Å². The second-order valence-electron chi connectivity index (χ2n) is 8.22. The number of hydrogen-bond acceptors (Lipinski definition) is 4. The van der Waals surface area contributed by atoms with E-state index in [2.05, 4.69) is 5.32 Å². The van der Waals surface area contributed by atoms with E-state index in [1.54, 1.807) is 25.1 Å². The quantitative estimate of drug-likeness (QED) is 0.406. The highest BCUT2D eigenvalue weighted by Gasteiger charge is 2.32. The number of carbonyl (C=O) groups is 2. The molecule has 0 spiro atoms. The van der Waals surface area contributed by atoms with Gasteiger partial charge in [0.25, 0.3) is 0 Å². The van der Waals surface area contributed by atoms with E-state index in [-0.39, 0.29) is 29.2 Å². The maximum absolute atomic E-state index is 13.6. The number of sulfonamides is 1. The molecule has 192 valence electrons. The van der Waals surface area contributed by atoms with E-state index in [4.69, 9.17) is 46.4 Å². The minimum absolute atomic E-state index is 0.00565. The maximum atomic E-state index is 13.6. The van der Waals surface area contributed by atoms with Crippen LogP contribution in [0.1, 0.15) is 32.8 Å². The summed E-state index contributed by atoms with van der Waals surface area (Å²) in [6, 6.07) is 8.15. The van der Waals surface area contributed by atoms with Gasteiger partial charge in [0.05, 0.1) is 27.0 Å². The van der Waals surface area contributed by atoms with Crippen molar-refractivity contribution in [2.75, 3.05) is 17.1 Å². The predicted octanol–water partition coefficient (Wildman–Crippen LogP) is 5.40. The highest BCUT2D eigenvalue weighted by atomic mass is 35.5. The molecule has 1 atom stereocenters. The van der Waals surface area contributed by atoms with Crippen molar-refractivity contribution in [2.45, 2.75) is 45.8 Å². The van der Waals surface area contributed by atoms with E-state index in [9.17, 15) is 18.0 Å². The summed E-state index contributed by atoms with van der Waals surface area (Å²) >= 11 is 24.4. The fourth-order valence-electron chi connectivity index (χ4n) is 3.41. The van der Waals surface area contributed by atoms with Gasteiger partial charge < -0.3 is 10.2 Å². The summed E-state index contributed by atoms with van der Waals surface area (Å²) in [4.78, 5) is 27.9. The Labute approximate surface area is 226 Å². The van der Waals surface area contributed by atoms with Gasteiger partial charge in [0.15, 0.2) is 0 Å². The normalized spacial score (nSPS) is 12.4. The average Bonchev–Trinajstić information content (AvgIpc) is 2.73. The van der Waals surface area contributed by atoms with Gasteiger partial charge in [0, 0.05) is 17.6 Å². The minimum atomic E-state index is -3.92. The molecule has 2 amide bonds. The van der Waals surface area contributed by atoms with Crippen molar-refractivity contribution in [1.82, 2.24) is 10.2 Å². The predicted molar refractivity (Wildman–Crippen MR) is 143 cm³/mol. The molecule has 0 bridgehead atoms. The van der Waals surface area contributed by atoms with Crippen molar-refractivity contribution in [3.63, 3.8) is 0 Å². The Bertz CT molecular complexity index is 1190. The van der Waals surface area contributed by atoms with Crippen LogP contribution in [0.5, 0.6) is 0 Å². The Morgan fingerprint density at radius 3 is 2.14 bits per heavy atom. The van der Waals surface area contributed by atoms with E-state index in [1.165, 1.54) is 23.1 Å². The smallest absolute Gasteiger partial charge is 0.244 e.